The smallest absolute Gasteiger partial charge is 0.165 e. The molecule has 0 atom stereocenters. The second-order valence-corrected chi connectivity index (χ2v) is 4.51. The van der Waals surface area contributed by atoms with Crippen LogP contribution in [0.5, 0.6) is 5.75 Å². The van der Waals surface area contributed by atoms with Gasteiger partial charge in [-0.2, -0.15) is 0 Å². The first-order valence-electron chi connectivity index (χ1n) is 6.04. The van der Waals surface area contributed by atoms with Gasteiger partial charge in [0.1, 0.15) is 0 Å². The minimum absolute atomic E-state index is 0.133. The fraction of sp³-hybridized carbons (Fsp3) is 0.571. The number of aliphatic hydroxyl groups is 1. The Morgan fingerprint density at radius 2 is 1.94 bits per heavy atom. The standard InChI is InChI=1S/C14H21FO2/c1-4-14(5-2,10-16)9-11-6-7-13(17-3)12(15)8-11/h6-8,16H,4-5,9-10H2,1-3H3. The van der Waals surface area contributed by atoms with Gasteiger partial charge in [0.25, 0.3) is 0 Å². The van der Waals surface area contributed by atoms with Crippen LogP contribution in [-0.2, 0) is 6.42 Å². The summed E-state index contributed by atoms with van der Waals surface area (Å²) in [7, 11) is 1.45. The van der Waals surface area contributed by atoms with E-state index in [0.717, 1.165) is 18.4 Å². The third-order valence-corrected chi connectivity index (χ3v) is 3.63. The number of ether oxygens (including phenoxy) is 1. The first kappa shape index (κ1) is 14.0. The van der Waals surface area contributed by atoms with Gasteiger partial charge in [0.15, 0.2) is 11.6 Å². The van der Waals surface area contributed by atoms with Gasteiger partial charge in [-0.25, -0.2) is 4.39 Å². The zero-order valence-corrected chi connectivity index (χ0v) is 10.8. The van der Waals surface area contributed by atoms with Crippen LogP contribution >= 0.6 is 0 Å². The quantitative estimate of drug-likeness (QED) is 0.827. The summed E-state index contributed by atoms with van der Waals surface area (Å²) >= 11 is 0. The number of methoxy groups -OCH3 is 1. The highest BCUT2D eigenvalue weighted by Crippen LogP contribution is 2.31. The van der Waals surface area contributed by atoms with E-state index in [0.29, 0.717) is 6.42 Å². The maximum atomic E-state index is 13.5. The SMILES string of the molecule is CCC(CC)(CO)Cc1ccc(OC)c(F)c1. The van der Waals surface area contributed by atoms with Gasteiger partial charge < -0.3 is 9.84 Å². The molecular weight excluding hydrogens is 219 g/mol. The summed E-state index contributed by atoms with van der Waals surface area (Å²) in [6.45, 7) is 4.24. The van der Waals surface area contributed by atoms with E-state index in [1.54, 1.807) is 6.07 Å². The molecule has 0 aliphatic heterocycles. The number of benzene rings is 1. The van der Waals surface area contributed by atoms with Gasteiger partial charge in [0.05, 0.1) is 7.11 Å². The van der Waals surface area contributed by atoms with Gasteiger partial charge in [-0.1, -0.05) is 19.9 Å². The summed E-state index contributed by atoms with van der Waals surface area (Å²) in [6, 6.07) is 4.99. The molecule has 0 amide bonds. The molecule has 0 aromatic heterocycles. The van der Waals surface area contributed by atoms with Crippen molar-refractivity contribution in [3.8, 4) is 5.75 Å². The summed E-state index contributed by atoms with van der Waals surface area (Å²) < 4.78 is 18.4. The number of hydrogen-bond donors (Lipinski definition) is 1. The summed E-state index contributed by atoms with van der Waals surface area (Å²) in [6.07, 6.45) is 2.46. The molecule has 96 valence electrons. The van der Waals surface area contributed by atoms with Crippen LogP contribution < -0.4 is 4.74 Å². The molecule has 0 spiro atoms. The average Bonchev–Trinajstić information content (AvgIpc) is 2.36. The van der Waals surface area contributed by atoms with Crippen LogP contribution in [0.2, 0.25) is 0 Å². The Kier molecular flexibility index (Phi) is 4.94. The van der Waals surface area contributed by atoms with Gasteiger partial charge in [0.2, 0.25) is 0 Å². The van der Waals surface area contributed by atoms with Gasteiger partial charge >= 0.3 is 0 Å². The summed E-state index contributed by atoms with van der Waals surface area (Å²) in [5.74, 6) is -0.0830. The Morgan fingerprint density at radius 1 is 1.29 bits per heavy atom. The van der Waals surface area contributed by atoms with Crippen LogP contribution in [0.4, 0.5) is 4.39 Å². The molecular formula is C14H21FO2. The second kappa shape index (κ2) is 6.01. The van der Waals surface area contributed by atoms with E-state index < -0.39 is 0 Å². The molecule has 0 saturated heterocycles. The van der Waals surface area contributed by atoms with E-state index in [1.807, 2.05) is 6.07 Å². The van der Waals surface area contributed by atoms with Gasteiger partial charge in [0, 0.05) is 6.61 Å². The molecule has 0 saturated carbocycles. The molecule has 0 unspecified atom stereocenters. The normalized spacial score (nSPS) is 11.6. The lowest BCUT2D eigenvalue weighted by atomic mass is 9.78. The van der Waals surface area contributed by atoms with Gasteiger partial charge in [-0.3, -0.25) is 0 Å². The number of hydrogen-bond acceptors (Lipinski definition) is 2. The van der Waals surface area contributed by atoms with Crippen LogP contribution in [0.1, 0.15) is 32.3 Å². The molecule has 1 aromatic rings. The van der Waals surface area contributed by atoms with Crippen molar-refractivity contribution in [2.45, 2.75) is 33.1 Å². The molecule has 1 rings (SSSR count). The van der Waals surface area contributed by atoms with E-state index in [-0.39, 0.29) is 23.6 Å². The molecule has 1 N–H and O–H groups in total. The van der Waals surface area contributed by atoms with Crippen LogP contribution in [0.25, 0.3) is 0 Å². The van der Waals surface area contributed by atoms with E-state index >= 15 is 0 Å². The molecule has 2 nitrogen and oxygen atoms in total. The molecule has 3 heteroatoms. The van der Waals surface area contributed by atoms with E-state index in [1.165, 1.54) is 13.2 Å². The average molecular weight is 240 g/mol. The lowest BCUT2D eigenvalue weighted by Gasteiger charge is -2.29. The van der Waals surface area contributed by atoms with Crippen LogP contribution in [0, 0.1) is 11.2 Å². The third-order valence-electron chi connectivity index (χ3n) is 3.63. The first-order chi connectivity index (χ1) is 8.10. The monoisotopic (exact) mass is 240 g/mol. The van der Waals surface area contributed by atoms with Crippen molar-refractivity contribution in [1.82, 2.24) is 0 Å². The van der Waals surface area contributed by atoms with E-state index in [9.17, 15) is 9.50 Å². The lowest BCUT2D eigenvalue weighted by Crippen LogP contribution is -2.26. The maximum Gasteiger partial charge on any atom is 0.165 e. The summed E-state index contributed by atoms with van der Waals surface area (Å²) in [4.78, 5) is 0. The molecule has 0 aliphatic carbocycles. The molecule has 1 aromatic carbocycles. The second-order valence-electron chi connectivity index (χ2n) is 4.51. The van der Waals surface area contributed by atoms with Crippen LogP contribution in [0.3, 0.4) is 0 Å². The van der Waals surface area contributed by atoms with E-state index in [4.69, 9.17) is 4.74 Å². The van der Waals surface area contributed by atoms with Gasteiger partial charge in [-0.05, 0) is 42.4 Å². The fourth-order valence-electron chi connectivity index (χ4n) is 2.03. The lowest BCUT2D eigenvalue weighted by molar-refractivity contribution is 0.115. The summed E-state index contributed by atoms with van der Waals surface area (Å²) in [5, 5.41) is 9.49. The largest absolute Gasteiger partial charge is 0.494 e. The Labute approximate surface area is 102 Å². The predicted molar refractivity (Wildman–Crippen MR) is 66.8 cm³/mol. The fourth-order valence-corrected chi connectivity index (χ4v) is 2.03. The van der Waals surface area contributed by atoms with Crippen LogP contribution in [0.15, 0.2) is 18.2 Å². The summed E-state index contributed by atoms with van der Waals surface area (Å²) in [5.41, 5.74) is 0.766. The predicted octanol–water partition coefficient (Wildman–Crippen LogP) is 3.18. The van der Waals surface area contributed by atoms with Crippen molar-refractivity contribution in [3.05, 3.63) is 29.6 Å². The number of rotatable bonds is 6. The minimum Gasteiger partial charge on any atom is -0.494 e. The Morgan fingerprint density at radius 3 is 2.35 bits per heavy atom. The van der Waals surface area contributed by atoms with Crippen molar-refractivity contribution in [3.63, 3.8) is 0 Å². The van der Waals surface area contributed by atoms with Crippen LogP contribution in [-0.4, -0.2) is 18.8 Å². The Bertz CT molecular complexity index is 351. The van der Waals surface area contributed by atoms with Crippen molar-refractivity contribution < 1.29 is 14.2 Å². The topological polar surface area (TPSA) is 29.5 Å². The highest BCUT2D eigenvalue weighted by molar-refractivity contribution is 5.29. The molecule has 17 heavy (non-hydrogen) atoms. The van der Waals surface area contributed by atoms with Crippen molar-refractivity contribution in [2.75, 3.05) is 13.7 Å². The zero-order valence-electron chi connectivity index (χ0n) is 10.8. The first-order valence-corrected chi connectivity index (χ1v) is 6.04. The molecule has 0 aliphatic rings. The number of aliphatic hydroxyl groups excluding tert-OH is 1. The van der Waals surface area contributed by atoms with Crippen molar-refractivity contribution in [2.24, 2.45) is 5.41 Å². The van der Waals surface area contributed by atoms with Gasteiger partial charge in [-0.15, -0.1) is 0 Å². The van der Waals surface area contributed by atoms with E-state index in [2.05, 4.69) is 13.8 Å². The molecule has 0 fully saturated rings. The Hall–Kier alpha value is -1.09. The third kappa shape index (κ3) is 3.19. The Balaban J connectivity index is 2.90. The molecule has 0 bridgehead atoms. The zero-order chi connectivity index (χ0) is 12.9. The number of halogens is 1. The van der Waals surface area contributed by atoms with Crippen molar-refractivity contribution >= 4 is 0 Å². The molecule has 0 heterocycles. The highest BCUT2D eigenvalue weighted by atomic mass is 19.1. The molecule has 0 radical (unpaired) electrons. The van der Waals surface area contributed by atoms with Crippen molar-refractivity contribution in [1.29, 1.82) is 0 Å². The highest BCUT2D eigenvalue weighted by Gasteiger charge is 2.25. The minimum atomic E-state index is -0.343. The maximum absolute atomic E-state index is 13.5.